The van der Waals surface area contributed by atoms with Gasteiger partial charge in [0.15, 0.2) is 0 Å². The molecule has 2 rings (SSSR count). The van der Waals surface area contributed by atoms with Crippen LogP contribution in [-0.2, 0) is 22.6 Å². The third-order valence-electron chi connectivity index (χ3n) is 2.61. The number of nitrogens with one attached hydrogen (secondary N) is 2. The molecule has 0 atom stereocenters. The van der Waals surface area contributed by atoms with Crippen LogP contribution in [0.3, 0.4) is 0 Å². The number of rotatable bonds is 4. The Bertz CT molecular complexity index is 595. The van der Waals surface area contributed by atoms with Crippen molar-refractivity contribution in [2.75, 3.05) is 5.32 Å². The molecule has 0 fully saturated rings. The van der Waals surface area contributed by atoms with Gasteiger partial charge >= 0.3 is 11.8 Å². The van der Waals surface area contributed by atoms with Crippen LogP contribution in [0.25, 0.3) is 0 Å². The zero-order valence-corrected chi connectivity index (χ0v) is 11.9. The molecule has 6 heteroatoms. The first kappa shape index (κ1) is 14.2. The van der Waals surface area contributed by atoms with Crippen molar-refractivity contribution in [2.45, 2.75) is 19.9 Å². The van der Waals surface area contributed by atoms with Crippen molar-refractivity contribution < 1.29 is 9.59 Å². The molecule has 2 N–H and O–H groups in total. The topological polar surface area (TPSA) is 71.1 Å². The summed E-state index contributed by atoms with van der Waals surface area (Å²) >= 11 is 1.63. The standard InChI is InChI=1S/C14H15N3O2S/c1-2-11-5-6-12(20-11)9-16-13(18)14(19)17-10-4-3-7-15-8-10/h3-8H,2,9H2,1H3,(H,16,18)(H,17,19). The van der Waals surface area contributed by atoms with Gasteiger partial charge in [-0.15, -0.1) is 11.3 Å². The summed E-state index contributed by atoms with van der Waals surface area (Å²) in [5, 5.41) is 5.08. The number of thiophene rings is 1. The van der Waals surface area contributed by atoms with Gasteiger partial charge in [0.2, 0.25) is 0 Å². The monoisotopic (exact) mass is 289 g/mol. The van der Waals surface area contributed by atoms with Crippen LogP contribution in [0.4, 0.5) is 5.69 Å². The van der Waals surface area contributed by atoms with Gasteiger partial charge in [-0.25, -0.2) is 0 Å². The minimum absolute atomic E-state index is 0.365. The smallest absolute Gasteiger partial charge is 0.313 e. The summed E-state index contributed by atoms with van der Waals surface area (Å²) in [7, 11) is 0. The Balaban J connectivity index is 1.83. The first-order valence-electron chi connectivity index (χ1n) is 6.26. The van der Waals surface area contributed by atoms with Crippen LogP contribution in [0.15, 0.2) is 36.7 Å². The molecule has 2 aromatic rings. The van der Waals surface area contributed by atoms with Crippen LogP contribution >= 0.6 is 11.3 Å². The zero-order chi connectivity index (χ0) is 14.4. The molecule has 0 saturated heterocycles. The molecule has 0 bridgehead atoms. The summed E-state index contributed by atoms with van der Waals surface area (Å²) in [6.07, 6.45) is 4.05. The molecule has 0 aliphatic carbocycles. The molecule has 20 heavy (non-hydrogen) atoms. The van der Waals surface area contributed by atoms with Crippen molar-refractivity contribution in [3.8, 4) is 0 Å². The average Bonchev–Trinajstić information content (AvgIpc) is 2.93. The van der Waals surface area contributed by atoms with Gasteiger partial charge in [0.1, 0.15) is 0 Å². The normalized spacial score (nSPS) is 10.1. The highest BCUT2D eigenvalue weighted by Crippen LogP contribution is 2.16. The Hall–Kier alpha value is -2.21. The maximum atomic E-state index is 11.7. The van der Waals surface area contributed by atoms with Crippen LogP contribution < -0.4 is 10.6 Å². The van der Waals surface area contributed by atoms with Crippen molar-refractivity contribution in [2.24, 2.45) is 0 Å². The average molecular weight is 289 g/mol. The third kappa shape index (κ3) is 3.89. The molecule has 2 heterocycles. The fourth-order valence-electron chi connectivity index (χ4n) is 1.58. The van der Waals surface area contributed by atoms with Crippen molar-refractivity contribution in [3.63, 3.8) is 0 Å². The number of hydrogen-bond donors (Lipinski definition) is 2. The van der Waals surface area contributed by atoms with E-state index < -0.39 is 11.8 Å². The number of pyridine rings is 1. The van der Waals surface area contributed by atoms with Crippen LogP contribution in [0.2, 0.25) is 0 Å². The highest BCUT2D eigenvalue weighted by atomic mass is 32.1. The van der Waals surface area contributed by atoms with E-state index in [0.29, 0.717) is 12.2 Å². The minimum Gasteiger partial charge on any atom is -0.343 e. The van der Waals surface area contributed by atoms with Gasteiger partial charge in [0.05, 0.1) is 18.4 Å². The lowest BCUT2D eigenvalue weighted by atomic mass is 10.3. The first-order valence-corrected chi connectivity index (χ1v) is 7.07. The van der Waals surface area contributed by atoms with Crippen LogP contribution in [-0.4, -0.2) is 16.8 Å². The maximum absolute atomic E-state index is 11.7. The van der Waals surface area contributed by atoms with Crippen LogP contribution in [0.1, 0.15) is 16.7 Å². The van der Waals surface area contributed by atoms with Gasteiger partial charge in [0.25, 0.3) is 0 Å². The van der Waals surface area contributed by atoms with E-state index >= 15 is 0 Å². The fourth-order valence-corrected chi connectivity index (χ4v) is 2.48. The lowest BCUT2D eigenvalue weighted by Crippen LogP contribution is -2.34. The Morgan fingerprint density at radius 2 is 2.00 bits per heavy atom. The number of anilines is 1. The van der Waals surface area contributed by atoms with Crippen molar-refractivity contribution in [3.05, 3.63) is 46.4 Å². The van der Waals surface area contributed by atoms with Crippen LogP contribution in [0, 0.1) is 0 Å². The molecule has 0 spiro atoms. The highest BCUT2D eigenvalue weighted by molar-refractivity contribution is 7.11. The molecule has 104 valence electrons. The molecule has 0 saturated carbocycles. The van der Waals surface area contributed by atoms with Crippen molar-refractivity contribution in [1.29, 1.82) is 0 Å². The van der Waals surface area contributed by atoms with Gasteiger partial charge < -0.3 is 10.6 Å². The van der Waals surface area contributed by atoms with Gasteiger partial charge in [-0.2, -0.15) is 0 Å². The van der Waals surface area contributed by atoms with E-state index in [9.17, 15) is 9.59 Å². The predicted octanol–water partition coefficient (Wildman–Crippen LogP) is 1.96. The lowest BCUT2D eigenvalue weighted by Gasteiger charge is -2.05. The molecule has 5 nitrogen and oxygen atoms in total. The van der Waals surface area contributed by atoms with E-state index in [1.807, 2.05) is 12.1 Å². The van der Waals surface area contributed by atoms with Gasteiger partial charge in [-0.3, -0.25) is 14.6 Å². The Kier molecular flexibility index (Phi) is 4.84. The number of hydrogen-bond acceptors (Lipinski definition) is 4. The number of carbonyl (C=O) groups is 2. The van der Waals surface area contributed by atoms with Crippen molar-refractivity contribution >= 4 is 28.8 Å². The Morgan fingerprint density at radius 3 is 2.65 bits per heavy atom. The first-order chi connectivity index (χ1) is 9.69. The second-order valence-electron chi connectivity index (χ2n) is 4.10. The quantitative estimate of drug-likeness (QED) is 0.845. The fraction of sp³-hybridized carbons (Fsp3) is 0.214. The van der Waals surface area contributed by atoms with E-state index in [0.717, 1.165) is 11.3 Å². The summed E-state index contributed by atoms with van der Waals surface area (Å²) in [5.41, 5.74) is 0.497. The van der Waals surface area contributed by atoms with E-state index in [2.05, 4.69) is 22.5 Å². The number of amides is 2. The second kappa shape index (κ2) is 6.81. The van der Waals surface area contributed by atoms with Gasteiger partial charge in [-0.1, -0.05) is 6.92 Å². The number of carbonyl (C=O) groups excluding carboxylic acids is 2. The highest BCUT2D eigenvalue weighted by Gasteiger charge is 2.13. The maximum Gasteiger partial charge on any atom is 0.313 e. The second-order valence-corrected chi connectivity index (χ2v) is 5.35. The summed E-state index contributed by atoms with van der Waals surface area (Å²) in [5.74, 6) is -1.34. The number of aromatic nitrogens is 1. The van der Waals surface area contributed by atoms with Crippen LogP contribution in [0.5, 0.6) is 0 Å². The Morgan fingerprint density at radius 1 is 1.20 bits per heavy atom. The number of aryl methyl sites for hydroxylation is 1. The van der Waals surface area contributed by atoms with E-state index in [1.54, 1.807) is 29.7 Å². The van der Waals surface area contributed by atoms with E-state index in [4.69, 9.17) is 0 Å². The predicted molar refractivity (Wildman–Crippen MR) is 78.4 cm³/mol. The molecule has 0 aliphatic heterocycles. The third-order valence-corrected chi connectivity index (χ3v) is 3.84. The Labute approximate surface area is 121 Å². The lowest BCUT2D eigenvalue weighted by molar-refractivity contribution is -0.136. The molecule has 0 aliphatic rings. The molecule has 0 unspecified atom stereocenters. The molecular formula is C14H15N3O2S. The summed E-state index contributed by atoms with van der Waals surface area (Å²) in [6.45, 7) is 2.44. The summed E-state index contributed by atoms with van der Waals surface area (Å²) in [6, 6.07) is 7.35. The van der Waals surface area contributed by atoms with Gasteiger partial charge in [0, 0.05) is 16.0 Å². The minimum atomic E-state index is -0.690. The molecule has 2 aromatic heterocycles. The van der Waals surface area contributed by atoms with E-state index in [-0.39, 0.29) is 0 Å². The molecule has 2 amide bonds. The van der Waals surface area contributed by atoms with Crippen molar-refractivity contribution in [1.82, 2.24) is 10.3 Å². The summed E-state index contributed by atoms with van der Waals surface area (Å²) < 4.78 is 0. The number of nitrogens with zero attached hydrogens (tertiary/aromatic N) is 1. The molecular weight excluding hydrogens is 274 g/mol. The van der Waals surface area contributed by atoms with Gasteiger partial charge in [-0.05, 0) is 30.7 Å². The molecule has 0 aromatic carbocycles. The SMILES string of the molecule is CCc1ccc(CNC(=O)C(=O)Nc2cccnc2)s1. The largest absolute Gasteiger partial charge is 0.343 e. The summed E-state index contributed by atoms with van der Waals surface area (Å²) in [4.78, 5) is 29.5. The molecule has 0 radical (unpaired) electrons. The van der Waals surface area contributed by atoms with E-state index in [1.165, 1.54) is 11.1 Å². The zero-order valence-electron chi connectivity index (χ0n) is 11.1.